The maximum absolute atomic E-state index is 6.25. The largest absolute Gasteiger partial charge is 0.398 e. The Kier molecular flexibility index (Phi) is 5.25. The van der Waals surface area contributed by atoms with Gasteiger partial charge in [-0.05, 0) is 120 Å². The molecule has 0 atom stereocenters. The van der Waals surface area contributed by atoms with Gasteiger partial charge in [0.15, 0.2) is 0 Å². The number of nitrogen functional groups attached to an aromatic ring is 2. The molecule has 0 saturated heterocycles. The van der Waals surface area contributed by atoms with Gasteiger partial charge < -0.3 is 11.5 Å². The van der Waals surface area contributed by atoms with Gasteiger partial charge in [-0.3, -0.25) is 0 Å². The quantitative estimate of drug-likeness (QED) is 0.494. The lowest BCUT2D eigenvalue weighted by Gasteiger charge is -2.22. The second-order valence-corrected chi connectivity index (χ2v) is 8.42. The molecule has 0 aromatic heterocycles. The first-order valence-electron chi connectivity index (χ1n) is 9.99. The summed E-state index contributed by atoms with van der Waals surface area (Å²) in [6, 6.07) is 13.4. The summed E-state index contributed by atoms with van der Waals surface area (Å²) in [6.07, 6.45) is 0. The summed E-state index contributed by atoms with van der Waals surface area (Å²) >= 11 is 0. The Labute approximate surface area is 169 Å². The zero-order valence-electron chi connectivity index (χ0n) is 18.2. The van der Waals surface area contributed by atoms with Crippen molar-refractivity contribution in [2.45, 2.75) is 54.4 Å². The van der Waals surface area contributed by atoms with Crippen molar-refractivity contribution in [2.24, 2.45) is 0 Å². The monoisotopic (exact) mass is 372 g/mol. The summed E-state index contributed by atoms with van der Waals surface area (Å²) in [6.45, 7) is 15.1. The van der Waals surface area contributed by atoms with E-state index >= 15 is 0 Å². The molecular formula is C26H32N2. The van der Waals surface area contributed by atoms with Crippen LogP contribution in [-0.4, -0.2) is 0 Å². The third kappa shape index (κ3) is 3.40. The fraction of sp³-hybridized carbons (Fsp3) is 0.308. The third-order valence-corrected chi connectivity index (χ3v) is 5.83. The summed E-state index contributed by atoms with van der Waals surface area (Å²) in [5.41, 5.74) is 26.4. The fourth-order valence-electron chi connectivity index (χ4n) is 4.13. The van der Waals surface area contributed by atoms with E-state index in [-0.39, 0.29) is 0 Å². The Morgan fingerprint density at radius 1 is 0.571 bits per heavy atom. The zero-order valence-corrected chi connectivity index (χ0v) is 18.2. The minimum atomic E-state index is 0.420. The molecule has 3 aromatic carbocycles. The Bertz CT molecular complexity index is 1010. The number of hydrogen-bond acceptors (Lipinski definition) is 2. The molecule has 3 rings (SSSR count). The molecule has 2 nitrogen and oxygen atoms in total. The highest BCUT2D eigenvalue weighted by molar-refractivity contribution is 5.90. The minimum absolute atomic E-state index is 0.420. The van der Waals surface area contributed by atoms with Gasteiger partial charge in [-0.2, -0.15) is 0 Å². The number of benzene rings is 3. The SMILES string of the molecule is Cc1cc(-c2c(C)ccc(C(C)C)c2-c2cc(C)c(N)c(C)c2)cc(C)c1N. The molecule has 0 unspecified atom stereocenters. The van der Waals surface area contributed by atoms with Gasteiger partial charge in [0.1, 0.15) is 0 Å². The molecule has 2 heteroatoms. The van der Waals surface area contributed by atoms with Crippen molar-refractivity contribution >= 4 is 11.4 Å². The van der Waals surface area contributed by atoms with Gasteiger partial charge in [-0.15, -0.1) is 0 Å². The van der Waals surface area contributed by atoms with Gasteiger partial charge in [-0.25, -0.2) is 0 Å². The van der Waals surface area contributed by atoms with E-state index in [1.54, 1.807) is 0 Å². The van der Waals surface area contributed by atoms with Crippen molar-refractivity contribution in [3.63, 3.8) is 0 Å². The molecule has 0 heterocycles. The van der Waals surface area contributed by atoms with Gasteiger partial charge in [0.25, 0.3) is 0 Å². The third-order valence-electron chi connectivity index (χ3n) is 5.83. The molecular weight excluding hydrogens is 340 g/mol. The van der Waals surface area contributed by atoms with Gasteiger partial charge >= 0.3 is 0 Å². The summed E-state index contributed by atoms with van der Waals surface area (Å²) in [7, 11) is 0. The highest BCUT2D eigenvalue weighted by Crippen LogP contribution is 2.42. The average Bonchev–Trinajstić information content (AvgIpc) is 2.62. The Balaban J connectivity index is 2.43. The molecule has 0 saturated carbocycles. The fourth-order valence-corrected chi connectivity index (χ4v) is 4.13. The van der Waals surface area contributed by atoms with E-state index in [1.165, 1.54) is 33.4 Å². The van der Waals surface area contributed by atoms with E-state index in [0.717, 1.165) is 33.6 Å². The van der Waals surface area contributed by atoms with Gasteiger partial charge in [0.05, 0.1) is 0 Å². The molecule has 0 radical (unpaired) electrons. The second-order valence-electron chi connectivity index (χ2n) is 8.42. The van der Waals surface area contributed by atoms with Gasteiger partial charge in [-0.1, -0.05) is 26.0 Å². The number of aryl methyl sites for hydroxylation is 5. The second kappa shape index (κ2) is 7.35. The smallest absolute Gasteiger partial charge is 0.0373 e. The van der Waals surface area contributed by atoms with E-state index in [2.05, 4.69) is 84.9 Å². The van der Waals surface area contributed by atoms with Crippen LogP contribution in [0.15, 0.2) is 36.4 Å². The molecule has 4 N–H and O–H groups in total. The van der Waals surface area contributed by atoms with Crippen LogP contribution in [0.3, 0.4) is 0 Å². The predicted molar refractivity (Wildman–Crippen MR) is 124 cm³/mol. The standard InChI is InChI=1S/C26H32N2/c1-14(2)22-9-8-15(3)23(20-10-16(4)25(27)17(5)11-20)24(22)21-12-18(6)26(28)19(7)13-21/h8-14H,27-28H2,1-7H3. The van der Waals surface area contributed by atoms with Crippen LogP contribution in [0.5, 0.6) is 0 Å². The van der Waals surface area contributed by atoms with Crippen LogP contribution >= 0.6 is 0 Å². The highest BCUT2D eigenvalue weighted by Gasteiger charge is 2.19. The van der Waals surface area contributed by atoms with Crippen LogP contribution < -0.4 is 11.5 Å². The first-order chi connectivity index (χ1) is 13.1. The normalized spacial score (nSPS) is 11.3. The van der Waals surface area contributed by atoms with Crippen molar-refractivity contribution in [1.29, 1.82) is 0 Å². The van der Waals surface area contributed by atoms with Crippen molar-refractivity contribution in [3.8, 4) is 22.3 Å². The van der Waals surface area contributed by atoms with Crippen molar-refractivity contribution in [3.05, 3.63) is 69.8 Å². The van der Waals surface area contributed by atoms with Gasteiger partial charge in [0.2, 0.25) is 0 Å². The maximum Gasteiger partial charge on any atom is 0.0373 e. The molecule has 3 aromatic rings. The van der Waals surface area contributed by atoms with E-state index in [4.69, 9.17) is 11.5 Å². The zero-order chi connectivity index (χ0) is 20.7. The van der Waals surface area contributed by atoms with E-state index < -0.39 is 0 Å². The molecule has 0 spiro atoms. The molecule has 0 fully saturated rings. The van der Waals surface area contributed by atoms with Crippen molar-refractivity contribution < 1.29 is 0 Å². The molecule has 0 aliphatic heterocycles. The first-order valence-corrected chi connectivity index (χ1v) is 9.99. The van der Waals surface area contributed by atoms with Crippen LogP contribution in [0, 0.1) is 34.6 Å². The highest BCUT2D eigenvalue weighted by atomic mass is 14.6. The average molecular weight is 373 g/mol. The van der Waals surface area contributed by atoms with Crippen molar-refractivity contribution in [1.82, 2.24) is 0 Å². The van der Waals surface area contributed by atoms with E-state index in [1.807, 2.05) is 0 Å². The lowest BCUT2D eigenvalue weighted by molar-refractivity contribution is 0.868. The van der Waals surface area contributed by atoms with E-state index in [0.29, 0.717) is 5.92 Å². The van der Waals surface area contributed by atoms with E-state index in [9.17, 15) is 0 Å². The maximum atomic E-state index is 6.25. The topological polar surface area (TPSA) is 52.0 Å². The summed E-state index contributed by atoms with van der Waals surface area (Å²) in [5, 5.41) is 0. The lowest BCUT2D eigenvalue weighted by atomic mass is 9.82. The predicted octanol–water partition coefficient (Wildman–Crippen LogP) is 6.85. The van der Waals surface area contributed by atoms with Crippen LogP contribution in [0.4, 0.5) is 11.4 Å². The number of anilines is 2. The number of nitrogens with two attached hydrogens (primary N) is 2. The molecule has 0 aliphatic carbocycles. The summed E-state index contributed by atoms with van der Waals surface area (Å²) < 4.78 is 0. The molecule has 0 amide bonds. The van der Waals surface area contributed by atoms with Crippen LogP contribution in [-0.2, 0) is 0 Å². The number of hydrogen-bond donors (Lipinski definition) is 2. The molecule has 0 aliphatic rings. The Morgan fingerprint density at radius 2 is 0.964 bits per heavy atom. The molecule has 146 valence electrons. The van der Waals surface area contributed by atoms with Crippen molar-refractivity contribution in [2.75, 3.05) is 11.5 Å². The molecule has 0 bridgehead atoms. The summed E-state index contributed by atoms with van der Waals surface area (Å²) in [4.78, 5) is 0. The number of rotatable bonds is 3. The minimum Gasteiger partial charge on any atom is -0.398 e. The molecule has 28 heavy (non-hydrogen) atoms. The first kappa shape index (κ1) is 20.0. The summed E-state index contributed by atoms with van der Waals surface area (Å²) in [5.74, 6) is 0.420. The van der Waals surface area contributed by atoms with Crippen LogP contribution in [0.1, 0.15) is 53.1 Å². The lowest BCUT2D eigenvalue weighted by Crippen LogP contribution is -2.01. The Hall–Kier alpha value is -2.74. The van der Waals surface area contributed by atoms with Gasteiger partial charge in [0, 0.05) is 11.4 Å². The van der Waals surface area contributed by atoms with Crippen LogP contribution in [0.25, 0.3) is 22.3 Å². The Morgan fingerprint density at radius 3 is 1.36 bits per heavy atom. The van der Waals surface area contributed by atoms with Crippen LogP contribution in [0.2, 0.25) is 0 Å².